The first-order valence-electron chi connectivity index (χ1n) is 9.01. The molecule has 1 N–H and O–H groups in total. The molecule has 2 aromatic rings. The quantitative estimate of drug-likeness (QED) is 0.449. The number of ether oxygens (including phenoxy) is 3. The van der Waals surface area contributed by atoms with Gasteiger partial charge in [-0.2, -0.15) is 0 Å². The summed E-state index contributed by atoms with van der Waals surface area (Å²) in [6.07, 6.45) is 1.80. The van der Waals surface area contributed by atoms with E-state index >= 15 is 0 Å². The minimum absolute atomic E-state index is 0.000494. The molecule has 0 radical (unpaired) electrons. The highest BCUT2D eigenvalue weighted by Gasteiger charge is 2.13. The van der Waals surface area contributed by atoms with Crippen LogP contribution >= 0.6 is 11.8 Å². The summed E-state index contributed by atoms with van der Waals surface area (Å²) >= 11 is 1.65. The van der Waals surface area contributed by atoms with E-state index in [-0.39, 0.29) is 11.7 Å². The minimum Gasteiger partial charge on any atom is -0.493 e. The van der Waals surface area contributed by atoms with Crippen LogP contribution in [0.25, 0.3) is 0 Å². The van der Waals surface area contributed by atoms with Crippen LogP contribution in [0.3, 0.4) is 0 Å². The van der Waals surface area contributed by atoms with Gasteiger partial charge in [0.05, 0.1) is 21.3 Å². The van der Waals surface area contributed by atoms with Crippen molar-refractivity contribution in [2.45, 2.75) is 24.2 Å². The fourth-order valence-corrected chi connectivity index (χ4v) is 3.50. The van der Waals surface area contributed by atoms with Crippen LogP contribution in [-0.2, 0) is 11.2 Å². The van der Waals surface area contributed by atoms with Gasteiger partial charge in [0.25, 0.3) is 0 Å². The highest BCUT2D eigenvalue weighted by molar-refractivity contribution is 7.99. The number of rotatable bonds is 11. The highest BCUT2D eigenvalue weighted by Crippen LogP contribution is 2.38. The average Bonchev–Trinajstić information content (AvgIpc) is 2.72. The lowest BCUT2D eigenvalue weighted by Crippen LogP contribution is -2.25. The first kappa shape index (κ1) is 21.9. The lowest BCUT2D eigenvalue weighted by Gasteiger charge is -2.14. The summed E-state index contributed by atoms with van der Waals surface area (Å²) in [5.74, 6) is 2.32. The number of carbonyl (C=O) groups excluding carboxylic acids is 1. The predicted molar refractivity (Wildman–Crippen MR) is 109 cm³/mol. The maximum absolute atomic E-state index is 12.9. The number of hydrogen-bond acceptors (Lipinski definition) is 5. The molecular formula is C21H26FNO4S. The number of aryl methyl sites for hydroxylation is 1. The van der Waals surface area contributed by atoms with Crippen molar-refractivity contribution in [1.29, 1.82) is 0 Å². The van der Waals surface area contributed by atoms with Crippen molar-refractivity contribution in [3.05, 3.63) is 47.8 Å². The fourth-order valence-electron chi connectivity index (χ4n) is 2.65. The summed E-state index contributed by atoms with van der Waals surface area (Å²) in [7, 11) is 4.69. The first-order valence-corrected chi connectivity index (χ1v) is 10.00. The summed E-state index contributed by atoms with van der Waals surface area (Å²) in [6.45, 7) is 0.613. The van der Waals surface area contributed by atoms with Gasteiger partial charge in [0.15, 0.2) is 11.5 Å². The molecule has 0 aliphatic carbocycles. The second kappa shape index (κ2) is 11.4. The van der Waals surface area contributed by atoms with E-state index in [0.717, 1.165) is 22.6 Å². The van der Waals surface area contributed by atoms with Crippen molar-refractivity contribution < 1.29 is 23.4 Å². The van der Waals surface area contributed by atoms with E-state index in [4.69, 9.17) is 14.2 Å². The van der Waals surface area contributed by atoms with E-state index in [0.29, 0.717) is 36.6 Å². The Bertz CT molecular complexity index is 742. The molecular weight excluding hydrogens is 381 g/mol. The Hall–Kier alpha value is -2.41. The van der Waals surface area contributed by atoms with E-state index in [1.165, 1.54) is 12.1 Å². The number of nitrogens with one attached hydrogen (secondary N) is 1. The predicted octanol–water partition coefficient (Wildman–Crippen LogP) is 4.08. The Morgan fingerprint density at radius 1 is 1.04 bits per heavy atom. The van der Waals surface area contributed by atoms with Gasteiger partial charge in [0.1, 0.15) is 5.82 Å². The molecule has 0 bridgehead atoms. The SMILES string of the molecule is COc1cc(CCC(=O)NCCCSc2ccc(F)cc2)cc(OC)c1OC. The smallest absolute Gasteiger partial charge is 0.220 e. The van der Waals surface area contributed by atoms with E-state index < -0.39 is 0 Å². The molecule has 5 nitrogen and oxygen atoms in total. The van der Waals surface area contributed by atoms with Crippen molar-refractivity contribution in [1.82, 2.24) is 5.32 Å². The second-order valence-electron chi connectivity index (χ2n) is 6.04. The number of halogens is 1. The van der Waals surface area contributed by atoms with E-state index in [9.17, 15) is 9.18 Å². The molecule has 0 saturated carbocycles. The number of methoxy groups -OCH3 is 3. The van der Waals surface area contributed by atoms with Gasteiger partial charge in [-0.1, -0.05) is 0 Å². The summed E-state index contributed by atoms with van der Waals surface area (Å²) < 4.78 is 28.8. The van der Waals surface area contributed by atoms with E-state index in [2.05, 4.69) is 5.32 Å². The lowest BCUT2D eigenvalue weighted by atomic mass is 10.1. The van der Waals surface area contributed by atoms with Crippen LogP contribution in [-0.4, -0.2) is 39.5 Å². The molecule has 0 aromatic heterocycles. The molecule has 0 aliphatic rings. The van der Waals surface area contributed by atoms with Gasteiger partial charge in [-0.25, -0.2) is 4.39 Å². The average molecular weight is 408 g/mol. The Morgan fingerprint density at radius 3 is 2.25 bits per heavy atom. The maximum atomic E-state index is 12.9. The van der Waals surface area contributed by atoms with Crippen LogP contribution in [0.2, 0.25) is 0 Å². The van der Waals surface area contributed by atoms with Gasteiger partial charge >= 0.3 is 0 Å². The molecule has 2 aromatic carbocycles. The van der Waals surface area contributed by atoms with Crippen LogP contribution in [0.1, 0.15) is 18.4 Å². The Kier molecular flexibility index (Phi) is 8.94. The molecule has 0 heterocycles. The lowest BCUT2D eigenvalue weighted by molar-refractivity contribution is -0.121. The molecule has 0 spiro atoms. The zero-order chi connectivity index (χ0) is 20.4. The third kappa shape index (κ3) is 6.64. The van der Waals surface area contributed by atoms with Crippen LogP contribution in [0.5, 0.6) is 17.2 Å². The summed E-state index contributed by atoms with van der Waals surface area (Å²) in [6, 6.07) is 10.1. The Labute approximate surface area is 169 Å². The van der Waals surface area contributed by atoms with Gasteiger partial charge in [0.2, 0.25) is 11.7 Å². The second-order valence-corrected chi connectivity index (χ2v) is 7.21. The van der Waals surface area contributed by atoms with Crippen molar-refractivity contribution in [3.63, 3.8) is 0 Å². The number of thioether (sulfide) groups is 1. The van der Waals surface area contributed by atoms with Gasteiger partial charge in [-0.05, 0) is 60.6 Å². The zero-order valence-corrected chi connectivity index (χ0v) is 17.2. The molecule has 0 fully saturated rings. The van der Waals surface area contributed by atoms with Gasteiger partial charge in [0, 0.05) is 17.9 Å². The van der Waals surface area contributed by atoms with Crippen LogP contribution in [0, 0.1) is 5.82 Å². The van der Waals surface area contributed by atoms with Crippen molar-refractivity contribution in [3.8, 4) is 17.2 Å². The Morgan fingerprint density at radius 2 is 1.68 bits per heavy atom. The maximum Gasteiger partial charge on any atom is 0.220 e. The summed E-state index contributed by atoms with van der Waals surface area (Å²) in [5, 5.41) is 2.93. The molecule has 0 atom stereocenters. The van der Waals surface area contributed by atoms with Crippen molar-refractivity contribution in [2.75, 3.05) is 33.6 Å². The fraction of sp³-hybridized carbons (Fsp3) is 0.381. The van der Waals surface area contributed by atoms with Gasteiger partial charge < -0.3 is 19.5 Å². The third-order valence-corrected chi connectivity index (χ3v) is 5.19. The molecule has 0 saturated heterocycles. The first-order chi connectivity index (χ1) is 13.6. The molecule has 152 valence electrons. The molecule has 0 unspecified atom stereocenters. The van der Waals surface area contributed by atoms with Crippen molar-refractivity contribution in [2.24, 2.45) is 0 Å². The number of benzene rings is 2. The zero-order valence-electron chi connectivity index (χ0n) is 16.4. The minimum atomic E-state index is -0.233. The number of amides is 1. The summed E-state index contributed by atoms with van der Waals surface area (Å²) in [5.41, 5.74) is 0.941. The standard InChI is InChI=1S/C21H26FNO4S/c1-25-18-13-15(14-19(26-2)21(18)27-3)5-10-20(24)23-11-4-12-28-17-8-6-16(22)7-9-17/h6-9,13-14H,4-5,10-12H2,1-3H3,(H,23,24). The van der Waals surface area contributed by atoms with Gasteiger partial charge in [-0.3, -0.25) is 4.79 Å². The molecule has 28 heavy (non-hydrogen) atoms. The monoisotopic (exact) mass is 407 g/mol. The number of hydrogen-bond donors (Lipinski definition) is 1. The van der Waals surface area contributed by atoms with Crippen molar-refractivity contribution >= 4 is 17.7 Å². The molecule has 0 aliphatic heterocycles. The number of carbonyl (C=O) groups is 1. The van der Waals surface area contributed by atoms with Crippen LogP contribution < -0.4 is 19.5 Å². The molecule has 7 heteroatoms. The molecule has 2 rings (SSSR count). The van der Waals surface area contributed by atoms with E-state index in [1.807, 2.05) is 12.1 Å². The largest absolute Gasteiger partial charge is 0.493 e. The summed E-state index contributed by atoms with van der Waals surface area (Å²) in [4.78, 5) is 13.1. The normalized spacial score (nSPS) is 10.4. The van der Waals surface area contributed by atoms with Crippen LogP contribution in [0.4, 0.5) is 4.39 Å². The molecule has 1 amide bonds. The van der Waals surface area contributed by atoms with Gasteiger partial charge in [-0.15, -0.1) is 11.8 Å². The third-order valence-electron chi connectivity index (χ3n) is 4.09. The Balaban J connectivity index is 1.72. The topological polar surface area (TPSA) is 56.8 Å². The highest BCUT2D eigenvalue weighted by atomic mass is 32.2. The van der Waals surface area contributed by atoms with E-state index in [1.54, 1.807) is 45.2 Å². The van der Waals surface area contributed by atoms with Crippen LogP contribution in [0.15, 0.2) is 41.3 Å².